The lowest BCUT2D eigenvalue weighted by atomic mass is 10.2. The van der Waals surface area contributed by atoms with Gasteiger partial charge in [0.15, 0.2) is 0 Å². The van der Waals surface area contributed by atoms with Gasteiger partial charge in [0.1, 0.15) is 9.77 Å². The highest BCUT2D eigenvalue weighted by Gasteiger charge is 2.38. The molecule has 106 valence electrons. The van der Waals surface area contributed by atoms with E-state index in [9.17, 15) is 18.3 Å². The maximum absolute atomic E-state index is 12.7. The summed E-state index contributed by atoms with van der Waals surface area (Å²) in [5, 5.41) is 9.78. The van der Waals surface area contributed by atoms with E-state index in [1.165, 1.54) is 11.4 Å². The molecule has 1 heterocycles. The highest BCUT2D eigenvalue weighted by molar-refractivity contribution is 7.89. The molecule has 0 unspecified atom stereocenters. The zero-order chi connectivity index (χ0) is 14.5. The molecular weight excluding hydrogens is 298 g/mol. The second-order valence-electron chi connectivity index (χ2n) is 4.81. The zero-order valence-electron chi connectivity index (χ0n) is 10.7. The molecule has 1 aromatic heterocycles. The number of benzene rings is 1. The highest BCUT2D eigenvalue weighted by Crippen LogP contribution is 2.38. The van der Waals surface area contributed by atoms with Gasteiger partial charge in [-0.2, -0.15) is 4.31 Å². The number of carboxylic acid groups (broad SMARTS) is 1. The smallest absolute Gasteiger partial charge is 0.347 e. The molecule has 0 atom stereocenters. The Kier molecular flexibility index (Phi) is 3.07. The Morgan fingerprint density at radius 3 is 2.60 bits per heavy atom. The molecule has 0 amide bonds. The summed E-state index contributed by atoms with van der Waals surface area (Å²) in [6.45, 7) is 0. The first kappa shape index (κ1) is 13.5. The van der Waals surface area contributed by atoms with Gasteiger partial charge in [-0.05, 0) is 18.9 Å². The topological polar surface area (TPSA) is 74.7 Å². The van der Waals surface area contributed by atoms with Crippen LogP contribution in [0.2, 0.25) is 0 Å². The summed E-state index contributed by atoms with van der Waals surface area (Å²) in [7, 11) is -2.25. The molecule has 0 radical (unpaired) electrons. The lowest BCUT2D eigenvalue weighted by Gasteiger charge is -2.16. The van der Waals surface area contributed by atoms with E-state index in [1.807, 2.05) is 0 Å². The molecule has 1 aliphatic carbocycles. The van der Waals surface area contributed by atoms with Gasteiger partial charge in [0, 0.05) is 23.2 Å². The number of hydrogen-bond acceptors (Lipinski definition) is 4. The molecule has 1 N–H and O–H groups in total. The molecule has 7 heteroatoms. The van der Waals surface area contributed by atoms with Gasteiger partial charge in [-0.25, -0.2) is 13.2 Å². The summed E-state index contributed by atoms with van der Waals surface area (Å²) >= 11 is 1.00. The second-order valence-corrected chi connectivity index (χ2v) is 7.80. The summed E-state index contributed by atoms with van der Waals surface area (Å²) in [6, 6.07) is 6.89. The van der Waals surface area contributed by atoms with Crippen LogP contribution >= 0.6 is 11.3 Å². The molecule has 2 aromatic rings. The van der Waals surface area contributed by atoms with Gasteiger partial charge in [-0.1, -0.05) is 18.2 Å². The third kappa shape index (κ3) is 2.02. The minimum Gasteiger partial charge on any atom is -0.477 e. The van der Waals surface area contributed by atoms with E-state index in [4.69, 9.17) is 0 Å². The van der Waals surface area contributed by atoms with Gasteiger partial charge in [-0.3, -0.25) is 0 Å². The zero-order valence-corrected chi connectivity index (χ0v) is 12.4. The van der Waals surface area contributed by atoms with Crippen LogP contribution in [0.5, 0.6) is 0 Å². The Balaban J connectivity index is 2.28. The molecule has 0 saturated heterocycles. The van der Waals surface area contributed by atoms with Crippen LogP contribution in [0.3, 0.4) is 0 Å². The Morgan fingerprint density at radius 1 is 1.35 bits per heavy atom. The summed E-state index contributed by atoms with van der Waals surface area (Å²) in [6.07, 6.45) is 1.67. The first-order chi connectivity index (χ1) is 9.43. The fourth-order valence-electron chi connectivity index (χ4n) is 2.20. The minimum absolute atomic E-state index is 0.000284. The van der Waals surface area contributed by atoms with E-state index < -0.39 is 16.0 Å². The number of thiophene rings is 1. The SMILES string of the molecule is CN(C1CC1)S(=O)(=O)c1c(C(=O)O)sc2ccccc12. The van der Waals surface area contributed by atoms with Crippen LogP contribution < -0.4 is 0 Å². The number of aromatic carboxylic acids is 1. The Labute approximate surface area is 120 Å². The molecule has 1 fully saturated rings. The molecule has 1 aromatic carbocycles. The molecular formula is C13H13NO4S2. The van der Waals surface area contributed by atoms with Gasteiger partial charge in [0.25, 0.3) is 0 Å². The summed E-state index contributed by atoms with van der Waals surface area (Å²) in [5.41, 5.74) is 0. The van der Waals surface area contributed by atoms with Crippen LogP contribution in [0.15, 0.2) is 29.2 Å². The maximum Gasteiger partial charge on any atom is 0.347 e. The normalized spacial score (nSPS) is 15.9. The maximum atomic E-state index is 12.7. The average Bonchev–Trinajstić information content (AvgIpc) is 3.16. The number of sulfonamides is 1. The summed E-state index contributed by atoms with van der Waals surface area (Å²) in [4.78, 5) is 11.2. The van der Waals surface area contributed by atoms with Crippen LogP contribution in [-0.4, -0.2) is 36.9 Å². The Morgan fingerprint density at radius 2 is 2.00 bits per heavy atom. The number of carboxylic acids is 1. The fourth-order valence-corrected chi connectivity index (χ4v) is 5.31. The van der Waals surface area contributed by atoms with Crippen molar-refractivity contribution in [1.29, 1.82) is 0 Å². The molecule has 5 nitrogen and oxygen atoms in total. The van der Waals surface area contributed by atoms with Crippen molar-refractivity contribution in [3.8, 4) is 0 Å². The van der Waals surface area contributed by atoms with Crippen LogP contribution in [0.4, 0.5) is 0 Å². The number of fused-ring (bicyclic) bond motifs is 1. The molecule has 1 saturated carbocycles. The number of nitrogens with zero attached hydrogens (tertiary/aromatic N) is 1. The van der Waals surface area contributed by atoms with E-state index in [0.29, 0.717) is 10.1 Å². The first-order valence-corrected chi connectivity index (χ1v) is 8.41. The third-order valence-electron chi connectivity index (χ3n) is 3.44. The van der Waals surface area contributed by atoms with Crippen molar-refractivity contribution in [2.24, 2.45) is 0 Å². The highest BCUT2D eigenvalue weighted by atomic mass is 32.2. The number of rotatable bonds is 4. The average molecular weight is 311 g/mol. The van der Waals surface area contributed by atoms with Crippen molar-refractivity contribution >= 4 is 37.4 Å². The van der Waals surface area contributed by atoms with Crippen molar-refractivity contribution in [1.82, 2.24) is 4.31 Å². The van der Waals surface area contributed by atoms with Crippen molar-refractivity contribution in [2.75, 3.05) is 7.05 Å². The van der Waals surface area contributed by atoms with Crippen molar-refractivity contribution in [3.05, 3.63) is 29.1 Å². The molecule has 1 aliphatic rings. The van der Waals surface area contributed by atoms with Gasteiger partial charge >= 0.3 is 5.97 Å². The molecule has 0 spiro atoms. The van der Waals surface area contributed by atoms with Crippen LogP contribution in [0, 0.1) is 0 Å². The Hall–Kier alpha value is -1.44. The van der Waals surface area contributed by atoms with Crippen molar-refractivity contribution in [2.45, 2.75) is 23.8 Å². The monoisotopic (exact) mass is 311 g/mol. The lowest BCUT2D eigenvalue weighted by molar-refractivity contribution is 0.0698. The van der Waals surface area contributed by atoms with Crippen LogP contribution in [0.1, 0.15) is 22.5 Å². The van der Waals surface area contributed by atoms with E-state index in [-0.39, 0.29) is 15.8 Å². The third-order valence-corrected chi connectivity index (χ3v) is 6.73. The number of carbonyl (C=O) groups is 1. The van der Waals surface area contributed by atoms with E-state index >= 15 is 0 Å². The molecule has 20 heavy (non-hydrogen) atoms. The molecule has 0 aliphatic heterocycles. The Bertz CT molecular complexity index is 790. The van der Waals surface area contributed by atoms with Crippen molar-refractivity contribution in [3.63, 3.8) is 0 Å². The molecule has 3 rings (SSSR count). The van der Waals surface area contributed by atoms with E-state index in [2.05, 4.69) is 0 Å². The van der Waals surface area contributed by atoms with Crippen LogP contribution in [-0.2, 0) is 10.0 Å². The molecule has 0 bridgehead atoms. The predicted molar refractivity (Wildman–Crippen MR) is 76.8 cm³/mol. The van der Waals surface area contributed by atoms with Gasteiger partial charge < -0.3 is 5.11 Å². The standard InChI is InChI=1S/C13H13NO4S2/c1-14(8-6-7-8)20(17,18)12-9-4-2-3-5-10(9)19-11(12)13(15)16/h2-5,8H,6-7H2,1H3,(H,15,16). The quantitative estimate of drug-likeness (QED) is 0.940. The fraction of sp³-hybridized carbons (Fsp3) is 0.308. The second kappa shape index (κ2) is 4.54. The van der Waals surface area contributed by atoms with Crippen LogP contribution in [0.25, 0.3) is 10.1 Å². The van der Waals surface area contributed by atoms with Gasteiger partial charge in [0.2, 0.25) is 10.0 Å². The first-order valence-electron chi connectivity index (χ1n) is 6.16. The largest absolute Gasteiger partial charge is 0.477 e. The number of hydrogen-bond donors (Lipinski definition) is 1. The minimum atomic E-state index is -3.77. The summed E-state index contributed by atoms with van der Waals surface area (Å²) in [5.74, 6) is -1.20. The predicted octanol–water partition coefficient (Wildman–Crippen LogP) is 2.38. The van der Waals surface area contributed by atoms with Crippen molar-refractivity contribution < 1.29 is 18.3 Å². The van der Waals surface area contributed by atoms with Gasteiger partial charge in [0.05, 0.1) is 0 Å². The van der Waals surface area contributed by atoms with E-state index in [1.54, 1.807) is 24.3 Å². The lowest BCUT2D eigenvalue weighted by Crippen LogP contribution is -2.29. The van der Waals surface area contributed by atoms with Gasteiger partial charge in [-0.15, -0.1) is 11.3 Å². The summed E-state index contributed by atoms with van der Waals surface area (Å²) < 4.78 is 27.3. The van der Waals surface area contributed by atoms with E-state index in [0.717, 1.165) is 24.2 Å².